The Morgan fingerprint density at radius 3 is 2.16 bits per heavy atom. The minimum absolute atomic E-state index is 0.0534. The summed E-state index contributed by atoms with van der Waals surface area (Å²) in [6.07, 6.45) is 0.891. The Labute approximate surface area is 229 Å². The lowest BCUT2D eigenvalue weighted by atomic mass is 9.86. The van der Waals surface area contributed by atoms with E-state index in [1.165, 1.54) is 5.56 Å². The first kappa shape index (κ1) is 27.9. The van der Waals surface area contributed by atoms with Gasteiger partial charge in [0.05, 0.1) is 17.9 Å². The van der Waals surface area contributed by atoms with Crippen LogP contribution in [0.25, 0.3) is 5.69 Å². The maximum absolute atomic E-state index is 13.9. The molecule has 1 saturated heterocycles. The molecule has 0 bridgehead atoms. The molecule has 204 valence electrons. The zero-order valence-electron chi connectivity index (χ0n) is 24.4. The molecule has 1 amide bonds. The standard InChI is InChI=1S/C32H45N5O/c1-8-24(3)36(31(38)26-15-17-27(18-16-26)32(5,6)7)23-29-25(4)33-37(28-13-11-10-12-14-28)30(29)35-21-19-34(9-2)20-22-35/h10-18,24H,8-9,19-23H2,1-7H3. The maximum Gasteiger partial charge on any atom is 0.254 e. The van der Waals surface area contributed by atoms with E-state index in [9.17, 15) is 4.79 Å². The van der Waals surface area contributed by atoms with Gasteiger partial charge in [-0.1, -0.05) is 65.0 Å². The highest BCUT2D eigenvalue weighted by molar-refractivity contribution is 5.94. The number of para-hydroxylation sites is 1. The van der Waals surface area contributed by atoms with Gasteiger partial charge in [0.25, 0.3) is 5.91 Å². The smallest absolute Gasteiger partial charge is 0.254 e. The van der Waals surface area contributed by atoms with Crippen molar-refractivity contribution in [1.29, 1.82) is 0 Å². The molecule has 0 N–H and O–H groups in total. The average Bonchev–Trinajstić information content (AvgIpc) is 3.26. The van der Waals surface area contributed by atoms with Gasteiger partial charge in [-0.3, -0.25) is 4.79 Å². The van der Waals surface area contributed by atoms with Gasteiger partial charge in [0.2, 0.25) is 0 Å². The summed E-state index contributed by atoms with van der Waals surface area (Å²) in [7, 11) is 0. The van der Waals surface area contributed by atoms with E-state index in [0.29, 0.717) is 6.54 Å². The fraction of sp³-hybridized carbons (Fsp3) is 0.500. The first-order chi connectivity index (χ1) is 18.1. The predicted molar refractivity (Wildman–Crippen MR) is 157 cm³/mol. The summed E-state index contributed by atoms with van der Waals surface area (Å²) in [5.41, 5.74) is 5.19. The molecule has 2 heterocycles. The van der Waals surface area contributed by atoms with Crippen LogP contribution in [0.15, 0.2) is 54.6 Å². The van der Waals surface area contributed by atoms with Crippen molar-refractivity contribution in [3.8, 4) is 5.69 Å². The van der Waals surface area contributed by atoms with Crippen molar-refractivity contribution in [2.24, 2.45) is 0 Å². The van der Waals surface area contributed by atoms with Crippen LogP contribution >= 0.6 is 0 Å². The number of anilines is 1. The van der Waals surface area contributed by atoms with Gasteiger partial charge in [-0.2, -0.15) is 5.10 Å². The van der Waals surface area contributed by atoms with E-state index in [1.807, 2.05) is 23.1 Å². The summed E-state index contributed by atoms with van der Waals surface area (Å²) in [6, 6.07) is 18.6. The topological polar surface area (TPSA) is 44.6 Å². The Morgan fingerprint density at radius 1 is 0.974 bits per heavy atom. The number of benzene rings is 2. The highest BCUT2D eigenvalue weighted by Crippen LogP contribution is 2.31. The van der Waals surface area contributed by atoms with Crippen LogP contribution < -0.4 is 4.90 Å². The summed E-state index contributed by atoms with van der Waals surface area (Å²) in [6.45, 7) is 20.8. The van der Waals surface area contributed by atoms with E-state index in [-0.39, 0.29) is 17.4 Å². The number of carbonyl (C=O) groups excluding carboxylic acids is 1. The number of piperazine rings is 1. The SMILES string of the molecule is CCC(C)N(Cc1c(C)nn(-c2ccccc2)c1N1CCN(CC)CC1)C(=O)c1ccc(C(C)(C)C)cc1. The van der Waals surface area contributed by atoms with Gasteiger partial charge in [0.15, 0.2) is 0 Å². The third-order valence-electron chi connectivity index (χ3n) is 7.99. The molecule has 38 heavy (non-hydrogen) atoms. The van der Waals surface area contributed by atoms with Crippen LogP contribution in [0.1, 0.15) is 75.1 Å². The largest absolute Gasteiger partial charge is 0.354 e. The number of hydrogen-bond acceptors (Lipinski definition) is 4. The Morgan fingerprint density at radius 2 is 1.61 bits per heavy atom. The minimum Gasteiger partial charge on any atom is -0.354 e. The van der Waals surface area contributed by atoms with Gasteiger partial charge in [0.1, 0.15) is 5.82 Å². The van der Waals surface area contributed by atoms with Crippen molar-refractivity contribution in [1.82, 2.24) is 19.6 Å². The number of amides is 1. The highest BCUT2D eigenvalue weighted by Gasteiger charge is 2.29. The van der Waals surface area contributed by atoms with Crippen molar-refractivity contribution in [3.63, 3.8) is 0 Å². The van der Waals surface area contributed by atoms with Crippen molar-refractivity contribution < 1.29 is 4.79 Å². The molecule has 1 fully saturated rings. The molecule has 1 atom stereocenters. The number of aromatic nitrogens is 2. The molecule has 3 aromatic rings. The van der Waals surface area contributed by atoms with Crippen molar-refractivity contribution in [2.45, 2.75) is 72.9 Å². The fourth-order valence-electron chi connectivity index (χ4n) is 5.18. The van der Waals surface area contributed by atoms with Gasteiger partial charge in [0, 0.05) is 43.3 Å². The van der Waals surface area contributed by atoms with Crippen LogP contribution in [0.5, 0.6) is 0 Å². The summed E-state index contributed by atoms with van der Waals surface area (Å²) in [4.78, 5) is 20.9. The number of likely N-dealkylation sites (N-methyl/N-ethyl adjacent to an activating group) is 1. The van der Waals surface area contributed by atoms with Crippen molar-refractivity contribution >= 4 is 11.7 Å². The van der Waals surface area contributed by atoms with Crippen LogP contribution in [0.3, 0.4) is 0 Å². The fourth-order valence-corrected chi connectivity index (χ4v) is 5.18. The Bertz CT molecular complexity index is 1200. The molecule has 6 nitrogen and oxygen atoms in total. The molecule has 0 radical (unpaired) electrons. The average molecular weight is 516 g/mol. The molecular weight excluding hydrogens is 470 g/mol. The Kier molecular flexibility index (Phi) is 8.61. The molecule has 1 aliphatic rings. The van der Waals surface area contributed by atoms with E-state index in [2.05, 4.69) is 99.3 Å². The molecule has 0 aliphatic carbocycles. The molecule has 6 heteroatoms. The summed E-state index contributed by atoms with van der Waals surface area (Å²) in [5.74, 6) is 1.20. The summed E-state index contributed by atoms with van der Waals surface area (Å²) in [5, 5.41) is 5.03. The molecule has 4 rings (SSSR count). The van der Waals surface area contributed by atoms with Crippen molar-refractivity contribution in [3.05, 3.63) is 77.0 Å². The van der Waals surface area contributed by atoms with Crippen LogP contribution in [-0.2, 0) is 12.0 Å². The summed E-state index contributed by atoms with van der Waals surface area (Å²) < 4.78 is 2.09. The molecule has 2 aromatic carbocycles. The zero-order valence-corrected chi connectivity index (χ0v) is 24.4. The lowest BCUT2D eigenvalue weighted by Gasteiger charge is -2.37. The van der Waals surface area contributed by atoms with E-state index >= 15 is 0 Å². The number of hydrogen-bond donors (Lipinski definition) is 0. The second kappa shape index (κ2) is 11.7. The minimum atomic E-state index is 0.0534. The van der Waals surface area contributed by atoms with E-state index in [1.54, 1.807) is 0 Å². The highest BCUT2D eigenvalue weighted by atomic mass is 16.2. The van der Waals surface area contributed by atoms with E-state index in [4.69, 9.17) is 5.10 Å². The third-order valence-corrected chi connectivity index (χ3v) is 7.99. The maximum atomic E-state index is 13.9. The van der Waals surface area contributed by atoms with Gasteiger partial charge in [-0.25, -0.2) is 4.68 Å². The van der Waals surface area contributed by atoms with Crippen molar-refractivity contribution in [2.75, 3.05) is 37.6 Å². The molecular formula is C32H45N5O. The molecule has 0 spiro atoms. The first-order valence-corrected chi connectivity index (χ1v) is 14.2. The first-order valence-electron chi connectivity index (χ1n) is 14.2. The van der Waals surface area contributed by atoms with Crippen LogP contribution in [0, 0.1) is 6.92 Å². The van der Waals surface area contributed by atoms with Crippen LogP contribution in [-0.4, -0.2) is 64.3 Å². The van der Waals surface area contributed by atoms with Crippen LogP contribution in [0.4, 0.5) is 5.82 Å². The van der Waals surface area contributed by atoms with Crippen LogP contribution in [0.2, 0.25) is 0 Å². The monoisotopic (exact) mass is 515 g/mol. The van der Waals surface area contributed by atoms with E-state index < -0.39 is 0 Å². The van der Waals surface area contributed by atoms with Gasteiger partial charge >= 0.3 is 0 Å². The van der Waals surface area contributed by atoms with Gasteiger partial charge in [-0.15, -0.1) is 0 Å². The molecule has 1 aliphatic heterocycles. The molecule has 0 saturated carbocycles. The summed E-state index contributed by atoms with van der Waals surface area (Å²) >= 11 is 0. The second-order valence-electron chi connectivity index (χ2n) is 11.6. The number of aryl methyl sites for hydroxylation is 1. The quantitative estimate of drug-likeness (QED) is 0.366. The third kappa shape index (κ3) is 5.96. The molecule has 1 unspecified atom stereocenters. The van der Waals surface area contributed by atoms with E-state index in [0.717, 1.165) is 67.5 Å². The number of carbonyl (C=O) groups is 1. The number of nitrogens with zero attached hydrogens (tertiary/aromatic N) is 5. The lowest BCUT2D eigenvalue weighted by molar-refractivity contribution is 0.0671. The lowest BCUT2D eigenvalue weighted by Crippen LogP contribution is -2.47. The predicted octanol–water partition coefficient (Wildman–Crippen LogP) is 6.06. The van der Waals surface area contributed by atoms with Gasteiger partial charge in [-0.05, 0) is 62.1 Å². The van der Waals surface area contributed by atoms with Gasteiger partial charge < -0.3 is 14.7 Å². The Balaban J connectivity index is 1.72. The Hall–Kier alpha value is -3.12. The normalized spacial score (nSPS) is 15.5. The zero-order chi connectivity index (χ0) is 27.4. The molecule has 1 aromatic heterocycles. The number of rotatable bonds is 8. The second-order valence-corrected chi connectivity index (χ2v) is 11.6.